The Kier molecular flexibility index (Phi) is 12.3. The molecule has 8 heteroatoms. The zero-order chi connectivity index (χ0) is 16.3. The molecule has 1 saturated heterocycles. The second-order valence-corrected chi connectivity index (χ2v) is 7.90. The topological polar surface area (TPSA) is 54.9 Å². The Balaban J connectivity index is 0.00000288. The summed E-state index contributed by atoms with van der Waals surface area (Å²) in [7, 11) is 0. The van der Waals surface area contributed by atoms with Gasteiger partial charge in [0.25, 0.3) is 0 Å². The maximum Gasteiger partial charge on any atom is 0.191 e. The molecule has 0 aliphatic carbocycles. The molecule has 2 N–H and O–H groups in total. The van der Waals surface area contributed by atoms with Crippen LogP contribution in [0.2, 0.25) is 0 Å². The van der Waals surface area contributed by atoms with Crippen LogP contribution in [0, 0.1) is 0 Å². The van der Waals surface area contributed by atoms with Gasteiger partial charge in [-0.25, -0.2) is 0 Å². The van der Waals surface area contributed by atoms with E-state index in [-0.39, 0.29) is 30.1 Å². The van der Waals surface area contributed by atoms with E-state index in [1.807, 2.05) is 0 Å². The molecule has 2 rings (SSSR count). The molecule has 1 aromatic heterocycles. The van der Waals surface area contributed by atoms with Crippen molar-refractivity contribution in [3.05, 3.63) is 20.8 Å². The van der Waals surface area contributed by atoms with Crippen LogP contribution in [0.3, 0.4) is 0 Å². The summed E-state index contributed by atoms with van der Waals surface area (Å²) in [6.07, 6.45) is 3.25. The normalized spacial score (nSPS) is 17.6. The fourth-order valence-electron chi connectivity index (χ4n) is 2.28. The number of thiophene rings is 1. The molecule has 138 valence electrons. The number of hydrogen-bond acceptors (Lipinski definition) is 4. The number of ether oxygens (including phenoxy) is 2. The Morgan fingerprint density at radius 3 is 3.00 bits per heavy atom. The van der Waals surface area contributed by atoms with Gasteiger partial charge in [-0.15, -0.1) is 35.3 Å². The molecule has 0 radical (unpaired) electrons. The lowest BCUT2D eigenvalue weighted by Gasteiger charge is -2.11. The van der Waals surface area contributed by atoms with Crippen molar-refractivity contribution in [3.63, 3.8) is 0 Å². The van der Waals surface area contributed by atoms with Crippen LogP contribution in [-0.4, -0.2) is 51.5 Å². The third kappa shape index (κ3) is 8.98. The Hall–Kier alpha value is 0.1000. The third-order valence-corrected chi connectivity index (χ3v) is 5.13. The summed E-state index contributed by atoms with van der Waals surface area (Å²) in [5.74, 6) is 0.882. The van der Waals surface area contributed by atoms with Crippen LogP contribution in [0.15, 0.2) is 20.9 Å². The molecule has 1 fully saturated rings. The number of halogens is 2. The zero-order valence-corrected chi connectivity index (χ0v) is 18.8. The minimum absolute atomic E-state index is 0. The SMILES string of the molecule is CCNC(=NCCCOC1CCOC1)NCCc1ccc(Br)s1.I. The van der Waals surface area contributed by atoms with E-state index in [0.29, 0.717) is 0 Å². The maximum atomic E-state index is 5.75. The summed E-state index contributed by atoms with van der Waals surface area (Å²) in [6.45, 7) is 6.93. The largest absolute Gasteiger partial charge is 0.379 e. The van der Waals surface area contributed by atoms with Crippen LogP contribution in [0.1, 0.15) is 24.6 Å². The predicted molar refractivity (Wildman–Crippen MR) is 115 cm³/mol. The van der Waals surface area contributed by atoms with Crippen LogP contribution in [-0.2, 0) is 15.9 Å². The standard InChI is InChI=1S/C16H26BrN3O2S.HI/c1-2-18-16(20-9-6-14-4-5-15(17)23-14)19-8-3-10-22-13-7-11-21-12-13;/h4-5,13H,2-3,6-12H2,1H3,(H2,18,19,20);1H. The third-order valence-electron chi connectivity index (χ3n) is 3.45. The summed E-state index contributed by atoms with van der Waals surface area (Å²) in [6, 6.07) is 4.25. The highest BCUT2D eigenvalue weighted by atomic mass is 127. The Morgan fingerprint density at radius 1 is 1.46 bits per heavy atom. The molecular weight excluding hydrogens is 505 g/mol. The first kappa shape index (κ1) is 22.1. The van der Waals surface area contributed by atoms with Crippen LogP contribution in [0.5, 0.6) is 0 Å². The van der Waals surface area contributed by atoms with Gasteiger partial charge >= 0.3 is 0 Å². The van der Waals surface area contributed by atoms with E-state index < -0.39 is 0 Å². The van der Waals surface area contributed by atoms with Crippen molar-refractivity contribution in [1.29, 1.82) is 0 Å². The minimum atomic E-state index is 0. The highest BCUT2D eigenvalue weighted by molar-refractivity contribution is 14.0. The first-order valence-electron chi connectivity index (χ1n) is 8.23. The fraction of sp³-hybridized carbons (Fsp3) is 0.688. The molecule has 1 unspecified atom stereocenters. The van der Waals surface area contributed by atoms with E-state index in [1.54, 1.807) is 11.3 Å². The molecular formula is C16H27BrIN3O2S. The summed E-state index contributed by atoms with van der Waals surface area (Å²) >= 11 is 5.27. The van der Waals surface area contributed by atoms with Gasteiger partial charge in [0.1, 0.15) is 0 Å². The van der Waals surface area contributed by atoms with Gasteiger partial charge < -0.3 is 20.1 Å². The number of nitrogens with zero attached hydrogens (tertiary/aromatic N) is 1. The van der Waals surface area contributed by atoms with Crippen LogP contribution >= 0.6 is 51.2 Å². The van der Waals surface area contributed by atoms with Crippen LogP contribution in [0.25, 0.3) is 0 Å². The lowest BCUT2D eigenvalue weighted by Crippen LogP contribution is -2.38. The molecule has 1 aliphatic rings. The summed E-state index contributed by atoms with van der Waals surface area (Å²) in [4.78, 5) is 5.96. The number of aliphatic imine (C=N–C) groups is 1. The molecule has 0 aromatic carbocycles. The average molecular weight is 532 g/mol. The predicted octanol–water partition coefficient (Wildman–Crippen LogP) is 3.42. The van der Waals surface area contributed by atoms with Gasteiger partial charge in [-0.2, -0.15) is 0 Å². The van der Waals surface area contributed by atoms with E-state index in [9.17, 15) is 0 Å². The van der Waals surface area contributed by atoms with Gasteiger partial charge in [0.15, 0.2) is 5.96 Å². The second kappa shape index (κ2) is 13.3. The molecule has 0 spiro atoms. The van der Waals surface area contributed by atoms with Gasteiger partial charge in [-0.1, -0.05) is 0 Å². The molecule has 0 saturated carbocycles. The number of rotatable bonds is 9. The van der Waals surface area contributed by atoms with E-state index in [4.69, 9.17) is 9.47 Å². The van der Waals surface area contributed by atoms with Crippen molar-refractivity contribution in [2.45, 2.75) is 32.3 Å². The molecule has 2 heterocycles. The molecule has 1 aromatic rings. The van der Waals surface area contributed by atoms with Gasteiger partial charge in [0, 0.05) is 37.7 Å². The van der Waals surface area contributed by atoms with Crippen molar-refractivity contribution in [2.75, 3.05) is 39.5 Å². The molecule has 1 aliphatic heterocycles. The first-order valence-corrected chi connectivity index (χ1v) is 9.84. The summed E-state index contributed by atoms with van der Waals surface area (Å²) < 4.78 is 12.2. The van der Waals surface area contributed by atoms with Gasteiger partial charge in [0.05, 0.1) is 16.5 Å². The molecule has 5 nitrogen and oxygen atoms in total. The van der Waals surface area contributed by atoms with Crippen molar-refractivity contribution < 1.29 is 9.47 Å². The monoisotopic (exact) mass is 531 g/mol. The van der Waals surface area contributed by atoms with Crippen molar-refractivity contribution in [2.24, 2.45) is 4.99 Å². The van der Waals surface area contributed by atoms with Crippen molar-refractivity contribution >= 4 is 57.2 Å². The fourth-order valence-corrected chi connectivity index (χ4v) is 3.76. The molecule has 1 atom stereocenters. The van der Waals surface area contributed by atoms with Crippen molar-refractivity contribution in [3.8, 4) is 0 Å². The number of hydrogen-bond donors (Lipinski definition) is 2. The van der Waals surface area contributed by atoms with E-state index in [0.717, 1.165) is 64.7 Å². The van der Waals surface area contributed by atoms with Gasteiger partial charge in [0.2, 0.25) is 0 Å². The van der Waals surface area contributed by atoms with E-state index in [2.05, 4.69) is 50.6 Å². The second-order valence-electron chi connectivity index (χ2n) is 5.35. The summed E-state index contributed by atoms with van der Waals surface area (Å²) in [5.41, 5.74) is 0. The van der Waals surface area contributed by atoms with Gasteiger partial charge in [-0.05, 0) is 54.2 Å². The van der Waals surface area contributed by atoms with Gasteiger partial charge in [-0.3, -0.25) is 4.99 Å². The number of guanidine groups is 1. The summed E-state index contributed by atoms with van der Waals surface area (Å²) in [5, 5.41) is 6.66. The zero-order valence-electron chi connectivity index (χ0n) is 14.1. The highest BCUT2D eigenvalue weighted by Crippen LogP contribution is 2.21. The van der Waals surface area contributed by atoms with Crippen molar-refractivity contribution in [1.82, 2.24) is 10.6 Å². The minimum Gasteiger partial charge on any atom is -0.379 e. The Bertz CT molecular complexity index is 482. The maximum absolute atomic E-state index is 5.75. The lowest BCUT2D eigenvalue weighted by molar-refractivity contribution is 0.0424. The van der Waals surface area contributed by atoms with E-state index in [1.165, 1.54) is 8.66 Å². The van der Waals surface area contributed by atoms with Crippen LogP contribution in [0.4, 0.5) is 0 Å². The molecule has 0 bridgehead atoms. The first-order chi connectivity index (χ1) is 11.3. The molecule has 24 heavy (non-hydrogen) atoms. The Labute approximate surface area is 174 Å². The highest BCUT2D eigenvalue weighted by Gasteiger charge is 2.15. The van der Waals surface area contributed by atoms with Crippen LogP contribution < -0.4 is 10.6 Å². The number of nitrogens with one attached hydrogen (secondary N) is 2. The Morgan fingerprint density at radius 2 is 2.33 bits per heavy atom. The molecule has 0 amide bonds. The quantitative estimate of drug-likeness (QED) is 0.222. The lowest BCUT2D eigenvalue weighted by atomic mass is 10.3. The average Bonchev–Trinajstić information content (AvgIpc) is 3.19. The van der Waals surface area contributed by atoms with E-state index >= 15 is 0 Å². The smallest absolute Gasteiger partial charge is 0.191 e.